The molecule has 40 heavy (non-hydrogen) atoms. The molecule has 0 amide bonds. The van der Waals surface area contributed by atoms with Gasteiger partial charge in [-0.3, -0.25) is 0 Å². The minimum absolute atomic E-state index is 0.290. The second kappa shape index (κ2) is 10.9. The predicted molar refractivity (Wildman–Crippen MR) is 178 cm³/mol. The third kappa shape index (κ3) is 4.74. The Morgan fingerprint density at radius 2 is 1.15 bits per heavy atom. The average molecular weight is 557 g/mol. The van der Waals surface area contributed by atoms with Crippen molar-refractivity contribution in [3.05, 3.63) is 82.7 Å². The Bertz CT molecular complexity index is 1290. The fourth-order valence-electron chi connectivity index (χ4n) is 6.89. The molecule has 0 radical (unpaired) electrons. The van der Waals surface area contributed by atoms with Crippen molar-refractivity contribution in [2.24, 2.45) is 5.10 Å². The standard InChI is InChI=1S/C35H52N4Si/c1-22(2)29-16-14-17-30(23(3)4)33(29)38-27(10)20-28(11)39(40(38)21-26(9)36-37-35(40,12)13)34-31(24(5)6)18-15-19-32(34)25(7)8/h14-20,22-25,37H,10,21H2,1-9,11-13H3/t40-/m0/s1. The monoisotopic (exact) mass is 556 g/mol. The minimum atomic E-state index is -2.78. The van der Waals surface area contributed by atoms with E-state index in [1.54, 1.807) is 0 Å². The fourth-order valence-corrected chi connectivity index (χ4v) is 12.4. The maximum atomic E-state index is 4.87. The number of benzene rings is 2. The lowest BCUT2D eigenvalue weighted by Gasteiger charge is -2.62. The van der Waals surface area contributed by atoms with Crippen LogP contribution >= 0.6 is 0 Å². The highest BCUT2D eigenvalue weighted by Crippen LogP contribution is 2.52. The fraction of sp³-hybridized carbons (Fsp3) is 0.514. The van der Waals surface area contributed by atoms with Gasteiger partial charge in [-0.25, -0.2) is 0 Å². The predicted octanol–water partition coefficient (Wildman–Crippen LogP) is 9.66. The van der Waals surface area contributed by atoms with Crippen LogP contribution in [0.5, 0.6) is 0 Å². The Kier molecular flexibility index (Phi) is 8.21. The van der Waals surface area contributed by atoms with E-state index in [0.717, 1.165) is 17.5 Å². The van der Waals surface area contributed by atoms with Crippen LogP contribution in [0.3, 0.4) is 0 Å². The van der Waals surface area contributed by atoms with Gasteiger partial charge >= 0.3 is 8.40 Å². The number of hydrogen-bond donors (Lipinski definition) is 1. The van der Waals surface area contributed by atoms with Gasteiger partial charge in [0.05, 0.1) is 5.16 Å². The Morgan fingerprint density at radius 1 is 0.750 bits per heavy atom. The van der Waals surface area contributed by atoms with Gasteiger partial charge in [0, 0.05) is 34.5 Å². The average Bonchev–Trinajstić information content (AvgIpc) is 2.86. The van der Waals surface area contributed by atoms with Crippen molar-refractivity contribution < 1.29 is 0 Å². The van der Waals surface area contributed by atoms with Gasteiger partial charge in [0.2, 0.25) is 0 Å². The highest BCUT2D eigenvalue weighted by Gasteiger charge is 2.63. The third-order valence-corrected chi connectivity index (χ3v) is 14.6. The largest absolute Gasteiger partial charge is 0.352 e. The molecule has 0 saturated carbocycles. The molecule has 1 atom stereocenters. The highest BCUT2D eigenvalue weighted by molar-refractivity contribution is 6.93. The third-order valence-electron chi connectivity index (χ3n) is 8.92. The van der Waals surface area contributed by atoms with E-state index in [1.165, 1.54) is 39.3 Å². The number of para-hydroxylation sites is 2. The lowest BCUT2D eigenvalue weighted by molar-refractivity contribution is 0.506. The molecule has 2 aromatic carbocycles. The molecule has 0 saturated heterocycles. The van der Waals surface area contributed by atoms with Gasteiger partial charge in [-0.05, 0) is 79.7 Å². The molecule has 4 rings (SSSR count). The van der Waals surface area contributed by atoms with E-state index < -0.39 is 8.40 Å². The molecule has 0 aromatic heterocycles. The minimum Gasteiger partial charge on any atom is -0.352 e. The van der Waals surface area contributed by atoms with Crippen molar-refractivity contribution in [3.63, 3.8) is 0 Å². The summed E-state index contributed by atoms with van der Waals surface area (Å²) in [4.78, 5) is 0. The molecule has 1 spiro atoms. The first-order valence-electron chi connectivity index (χ1n) is 15.2. The van der Waals surface area contributed by atoms with Crippen LogP contribution in [0.4, 0.5) is 11.4 Å². The van der Waals surface area contributed by atoms with Gasteiger partial charge in [0.25, 0.3) is 0 Å². The van der Waals surface area contributed by atoms with E-state index in [-0.39, 0.29) is 5.16 Å². The van der Waals surface area contributed by atoms with E-state index in [2.05, 4.69) is 140 Å². The number of allylic oxidation sites excluding steroid dienone is 2. The maximum Gasteiger partial charge on any atom is 0.306 e. The SMILES string of the molecule is C=C1C=C(C)N(c2c(C(C)C)cccc2C(C)C)[Si@]2(CC(C)=NNC2(C)C)N1c1c(C(C)C)cccc1C(C)C. The summed E-state index contributed by atoms with van der Waals surface area (Å²) in [6.45, 7) is 32.7. The van der Waals surface area contributed by atoms with Gasteiger partial charge in [0.1, 0.15) is 0 Å². The van der Waals surface area contributed by atoms with Crippen LogP contribution in [0.15, 0.2) is 65.5 Å². The molecule has 2 aromatic rings. The summed E-state index contributed by atoms with van der Waals surface area (Å²) in [5.41, 5.74) is 15.6. The molecular formula is C35H52N4Si. The smallest absolute Gasteiger partial charge is 0.306 e. The number of nitrogens with zero attached hydrogens (tertiary/aromatic N) is 3. The second-order valence-corrected chi connectivity index (χ2v) is 17.8. The summed E-state index contributed by atoms with van der Waals surface area (Å²) in [5, 5.41) is 4.58. The summed E-state index contributed by atoms with van der Waals surface area (Å²) in [6.07, 6.45) is 2.33. The van der Waals surface area contributed by atoms with E-state index >= 15 is 0 Å². The Morgan fingerprint density at radius 3 is 1.55 bits per heavy atom. The molecule has 0 fully saturated rings. The second-order valence-electron chi connectivity index (χ2n) is 13.7. The molecule has 1 N–H and O–H groups in total. The summed E-state index contributed by atoms with van der Waals surface area (Å²) < 4.78 is 5.54. The normalized spacial score (nSPS) is 21.1. The molecule has 0 aliphatic carbocycles. The Balaban J connectivity index is 2.23. The Hall–Kier alpha value is -2.79. The van der Waals surface area contributed by atoms with Crippen LogP contribution in [0.2, 0.25) is 6.04 Å². The van der Waals surface area contributed by atoms with Crippen molar-refractivity contribution in [2.75, 3.05) is 9.13 Å². The number of nitrogens with one attached hydrogen (secondary N) is 1. The van der Waals surface area contributed by atoms with Gasteiger partial charge in [0.15, 0.2) is 0 Å². The van der Waals surface area contributed by atoms with Crippen molar-refractivity contribution in [1.82, 2.24) is 5.43 Å². The Labute approximate surface area is 245 Å². The number of hydrazone groups is 1. The zero-order valence-electron chi connectivity index (χ0n) is 27.1. The molecular weight excluding hydrogens is 504 g/mol. The molecule has 2 aliphatic heterocycles. The molecule has 0 bridgehead atoms. The van der Waals surface area contributed by atoms with E-state index in [9.17, 15) is 0 Å². The molecule has 4 nitrogen and oxygen atoms in total. The lowest BCUT2D eigenvalue weighted by atomic mass is 9.92. The zero-order chi connectivity index (χ0) is 29.7. The zero-order valence-corrected chi connectivity index (χ0v) is 28.1. The van der Waals surface area contributed by atoms with Gasteiger partial charge in [-0.15, -0.1) is 0 Å². The number of rotatable bonds is 6. The number of anilines is 2. The molecule has 216 valence electrons. The summed E-state index contributed by atoms with van der Waals surface area (Å²) in [6, 6.07) is 14.8. The van der Waals surface area contributed by atoms with Crippen LogP contribution < -0.4 is 14.6 Å². The van der Waals surface area contributed by atoms with Crippen molar-refractivity contribution in [3.8, 4) is 0 Å². The van der Waals surface area contributed by atoms with E-state index in [4.69, 9.17) is 11.7 Å². The number of hydrogen-bond acceptors (Lipinski definition) is 4. The van der Waals surface area contributed by atoms with Crippen LogP contribution in [-0.4, -0.2) is 19.3 Å². The molecule has 2 heterocycles. The van der Waals surface area contributed by atoms with Crippen molar-refractivity contribution in [2.45, 2.75) is 118 Å². The van der Waals surface area contributed by atoms with Crippen molar-refractivity contribution in [1.29, 1.82) is 0 Å². The van der Waals surface area contributed by atoms with Crippen molar-refractivity contribution >= 4 is 25.5 Å². The van der Waals surface area contributed by atoms with Gasteiger partial charge < -0.3 is 14.6 Å². The van der Waals surface area contributed by atoms with Crippen LogP contribution in [-0.2, 0) is 0 Å². The highest BCUT2D eigenvalue weighted by atomic mass is 28.4. The maximum absolute atomic E-state index is 4.87. The van der Waals surface area contributed by atoms with Crippen LogP contribution in [0, 0.1) is 0 Å². The lowest BCUT2D eigenvalue weighted by Crippen LogP contribution is -2.82. The van der Waals surface area contributed by atoms with Crippen LogP contribution in [0.25, 0.3) is 0 Å². The summed E-state index contributed by atoms with van der Waals surface area (Å²) in [5.74, 6) is 1.57. The van der Waals surface area contributed by atoms with E-state index in [1.807, 2.05) is 0 Å². The first-order chi connectivity index (χ1) is 18.7. The molecule has 0 unspecified atom stereocenters. The van der Waals surface area contributed by atoms with E-state index in [0.29, 0.717) is 23.7 Å². The van der Waals surface area contributed by atoms with Crippen LogP contribution in [0.1, 0.15) is 129 Å². The quantitative estimate of drug-likeness (QED) is 0.359. The van der Waals surface area contributed by atoms with Gasteiger partial charge in [-0.1, -0.05) is 98.4 Å². The summed E-state index contributed by atoms with van der Waals surface area (Å²) >= 11 is 0. The summed E-state index contributed by atoms with van der Waals surface area (Å²) in [7, 11) is -2.78. The molecule has 5 heteroatoms. The first kappa shape index (κ1) is 30.2. The topological polar surface area (TPSA) is 30.9 Å². The molecule has 2 aliphatic rings. The first-order valence-corrected chi connectivity index (χ1v) is 17.3. The van der Waals surface area contributed by atoms with Gasteiger partial charge in [-0.2, -0.15) is 5.10 Å².